The molecule has 2 aromatic heterocycles. The van der Waals surface area contributed by atoms with Gasteiger partial charge in [0.15, 0.2) is 0 Å². The lowest BCUT2D eigenvalue weighted by Gasteiger charge is -2.18. The van der Waals surface area contributed by atoms with Crippen LogP contribution in [-0.4, -0.2) is 50.9 Å². The van der Waals surface area contributed by atoms with E-state index in [9.17, 15) is 9.59 Å². The van der Waals surface area contributed by atoms with Crippen LogP contribution in [0.4, 0.5) is 5.82 Å². The molecule has 2 saturated heterocycles. The Labute approximate surface area is 218 Å². The van der Waals surface area contributed by atoms with Crippen LogP contribution in [0.3, 0.4) is 0 Å². The van der Waals surface area contributed by atoms with Gasteiger partial charge < -0.3 is 14.8 Å². The van der Waals surface area contributed by atoms with E-state index in [-0.39, 0.29) is 17.6 Å². The Morgan fingerprint density at radius 1 is 1.28 bits per heavy atom. The number of pyridine rings is 1. The zero-order chi connectivity index (χ0) is 25.2. The normalized spacial score (nSPS) is 19.0. The molecule has 36 heavy (non-hydrogen) atoms. The molecule has 0 spiro atoms. The maximum atomic E-state index is 13.6. The number of hydrogen-bond donors (Lipinski definition) is 1. The summed E-state index contributed by atoms with van der Waals surface area (Å²) in [5.41, 5.74) is 2.48. The monoisotopic (exact) mass is 522 g/mol. The van der Waals surface area contributed by atoms with Crippen LogP contribution in [-0.2, 0) is 16.1 Å². The van der Waals surface area contributed by atoms with Gasteiger partial charge in [-0.15, -0.1) is 0 Å². The number of nitrogens with zero attached hydrogens (tertiary/aromatic N) is 3. The van der Waals surface area contributed by atoms with E-state index in [2.05, 4.69) is 5.32 Å². The van der Waals surface area contributed by atoms with Crippen molar-refractivity contribution in [1.29, 1.82) is 0 Å². The fourth-order valence-corrected chi connectivity index (χ4v) is 5.54. The third-order valence-electron chi connectivity index (χ3n) is 6.26. The molecule has 2 fully saturated rings. The number of aryl methyl sites for hydroxylation is 1. The Balaban J connectivity index is 1.50. The SMILES string of the molecule is COc1ccc(CNc2nc3c(C)cccn3c(=O)c2C=C2SC(=S)N(CC3CCCO3)C2=O)cc1. The van der Waals surface area contributed by atoms with Crippen molar-refractivity contribution in [3.05, 3.63) is 74.5 Å². The van der Waals surface area contributed by atoms with Gasteiger partial charge >= 0.3 is 0 Å². The minimum absolute atomic E-state index is 0.00971. The molecule has 1 aromatic carbocycles. The number of rotatable bonds is 7. The summed E-state index contributed by atoms with van der Waals surface area (Å²) in [5, 5.41) is 3.30. The Hall–Kier alpha value is -3.21. The first-order valence-electron chi connectivity index (χ1n) is 11.7. The smallest absolute Gasteiger partial charge is 0.267 e. The molecule has 2 aliphatic heterocycles. The number of methoxy groups -OCH3 is 1. The highest BCUT2D eigenvalue weighted by molar-refractivity contribution is 8.26. The molecule has 4 heterocycles. The highest BCUT2D eigenvalue weighted by Crippen LogP contribution is 2.34. The molecule has 0 bridgehead atoms. The number of hydrogen-bond acceptors (Lipinski definition) is 8. The second-order valence-electron chi connectivity index (χ2n) is 8.69. The predicted molar refractivity (Wildman–Crippen MR) is 145 cm³/mol. The average Bonchev–Trinajstić information content (AvgIpc) is 3.49. The number of ether oxygens (including phenoxy) is 2. The average molecular weight is 523 g/mol. The maximum Gasteiger partial charge on any atom is 0.267 e. The van der Waals surface area contributed by atoms with Gasteiger partial charge in [0.05, 0.1) is 30.2 Å². The summed E-state index contributed by atoms with van der Waals surface area (Å²) in [6.07, 6.45) is 5.17. The van der Waals surface area contributed by atoms with E-state index in [1.165, 1.54) is 16.2 Å². The Morgan fingerprint density at radius 3 is 2.81 bits per heavy atom. The van der Waals surface area contributed by atoms with Crippen molar-refractivity contribution in [1.82, 2.24) is 14.3 Å². The van der Waals surface area contributed by atoms with Crippen LogP contribution in [0.15, 0.2) is 52.3 Å². The van der Waals surface area contributed by atoms with Crippen LogP contribution in [0.2, 0.25) is 0 Å². The van der Waals surface area contributed by atoms with E-state index in [0.29, 0.717) is 46.0 Å². The van der Waals surface area contributed by atoms with Gasteiger partial charge in [-0.1, -0.05) is 42.2 Å². The summed E-state index contributed by atoms with van der Waals surface area (Å²) >= 11 is 6.69. The van der Waals surface area contributed by atoms with Crippen LogP contribution in [0, 0.1) is 6.92 Å². The van der Waals surface area contributed by atoms with Gasteiger partial charge in [0.2, 0.25) is 0 Å². The Morgan fingerprint density at radius 2 is 2.08 bits per heavy atom. The van der Waals surface area contributed by atoms with Crippen LogP contribution in [0.5, 0.6) is 5.75 Å². The molecule has 10 heteroatoms. The van der Waals surface area contributed by atoms with Crippen molar-refractivity contribution in [2.24, 2.45) is 0 Å². The van der Waals surface area contributed by atoms with Crippen LogP contribution >= 0.6 is 24.0 Å². The number of thioether (sulfide) groups is 1. The maximum absolute atomic E-state index is 13.6. The van der Waals surface area contributed by atoms with Crippen LogP contribution in [0.1, 0.15) is 29.5 Å². The van der Waals surface area contributed by atoms with E-state index in [1.807, 2.05) is 37.3 Å². The molecule has 186 valence electrons. The van der Waals surface area contributed by atoms with Crippen molar-refractivity contribution in [3.8, 4) is 5.75 Å². The van der Waals surface area contributed by atoms with E-state index < -0.39 is 0 Å². The third-order valence-corrected chi connectivity index (χ3v) is 7.64. The van der Waals surface area contributed by atoms with Gasteiger partial charge in [-0.05, 0) is 55.2 Å². The molecule has 3 aromatic rings. The van der Waals surface area contributed by atoms with Crippen molar-refractivity contribution in [3.63, 3.8) is 0 Å². The van der Waals surface area contributed by atoms with E-state index in [1.54, 1.807) is 30.3 Å². The minimum Gasteiger partial charge on any atom is -0.497 e. The van der Waals surface area contributed by atoms with Gasteiger partial charge in [0.1, 0.15) is 21.5 Å². The molecule has 2 aliphatic rings. The summed E-state index contributed by atoms with van der Waals surface area (Å²) in [6.45, 7) is 3.49. The molecule has 1 unspecified atom stereocenters. The van der Waals surface area contributed by atoms with Gasteiger partial charge in [-0.25, -0.2) is 4.98 Å². The first-order valence-corrected chi connectivity index (χ1v) is 12.9. The quantitative estimate of drug-likeness (QED) is 0.368. The standard InChI is InChI=1S/C26H26N4O4S2/c1-16-5-3-11-29-23(16)28-22(27-14-17-7-9-18(33-2)10-8-17)20(24(29)31)13-21-25(32)30(26(35)36-21)15-19-6-4-12-34-19/h3,5,7-11,13,19,27H,4,6,12,14-15H2,1-2H3. The molecule has 8 nitrogen and oxygen atoms in total. The lowest BCUT2D eigenvalue weighted by Crippen LogP contribution is -2.35. The predicted octanol–water partition coefficient (Wildman–Crippen LogP) is 4.00. The highest BCUT2D eigenvalue weighted by atomic mass is 32.2. The highest BCUT2D eigenvalue weighted by Gasteiger charge is 2.35. The van der Waals surface area contributed by atoms with Gasteiger partial charge in [-0.2, -0.15) is 0 Å². The zero-order valence-corrected chi connectivity index (χ0v) is 21.7. The summed E-state index contributed by atoms with van der Waals surface area (Å²) in [6, 6.07) is 11.4. The van der Waals surface area contributed by atoms with E-state index in [4.69, 9.17) is 26.7 Å². The van der Waals surface area contributed by atoms with Crippen molar-refractivity contribution >= 4 is 51.7 Å². The number of amides is 1. The number of thiocarbonyl (C=S) groups is 1. The van der Waals surface area contributed by atoms with Crippen LogP contribution in [0.25, 0.3) is 11.7 Å². The number of carbonyl (C=O) groups is 1. The molecular formula is C26H26N4O4S2. The molecule has 1 N–H and O–H groups in total. The van der Waals surface area contributed by atoms with Gasteiger partial charge in [-0.3, -0.25) is 18.9 Å². The molecule has 0 aliphatic carbocycles. The van der Waals surface area contributed by atoms with Crippen molar-refractivity contribution < 1.29 is 14.3 Å². The topological polar surface area (TPSA) is 85.2 Å². The number of anilines is 1. The van der Waals surface area contributed by atoms with Gasteiger partial charge in [0.25, 0.3) is 11.5 Å². The number of benzene rings is 1. The number of carbonyl (C=O) groups excluding carboxylic acids is 1. The molecular weight excluding hydrogens is 496 g/mol. The lowest BCUT2D eigenvalue weighted by molar-refractivity contribution is -0.123. The third kappa shape index (κ3) is 4.88. The van der Waals surface area contributed by atoms with E-state index in [0.717, 1.165) is 29.7 Å². The minimum atomic E-state index is -0.259. The van der Waals surface area contributed by atoms with Crippen LogP contribution < -0.4 is 15.6 Å². The largest absolute Gasteiger partial charge is 0.497 e. The molecule has 5 rings (SSSR count). The summed E-state index contributed by atoms with van der Waals surface area (Å²) < 4.78 is 12.9. The van der Waals surface area contributed by atoms with Crippen molar-refractivity contribution in [2.75, 3.05) is 25.6 Å². The molecule has 0 saturated carbocycles. The summed E-state index contributed by atoms with van der Waals surface area (Å²) in [7, 11) is 1.62. The summed E-state index contributed by atoms with van der Waals surface area (Å²) in [5.74, 6) is 0.965. The van der Waals surface area contributed by atoms with Crippen molar-refractivity contribution in [2.45, 2.75) is 32.4 Å². The second kappa shape index (κ2) is 10.4. The molecule has 1 amide bonds. The fraction of sp³-hybridized carbons (Fsp3) is 0.308. The van der Waals surface area contributed by atoms with Gasteiger partial charge in [0, 0.05) is 19.3 Å². The number of fused-ring (bicyclic) bond motifs is 1. The zero-order valence-electron chi connectivity index (χ0n) is 20.0. The Kier molecular flexibility index (Phi) is 7.08. The fourth-order valence-electron chi connectivity index (χ4n) is 4.29. The first kappa shape index (κ1) is 24.5. The number of aromatic nitrogens is 2. The lowest BCUT2D eigenvalue weighted by atomic mass is 10.2. The second-order valence-corrected chi connectivity index (χ2v) is 10.4. The molecule has 1 atom stereocenters. The summed E-state index contributed by atoms with van der Waals surface area (Å²) in [4.78, 5) is 33.5. The number of nitrogens with one attached hydrogen (secondary N) is 1. The Bertz CT molecular complexity index is 1410. The first-order chi connectivity index (χ1) is 17.4. The molecule has 0 radical (unpaired) electrons. The van der Waals surface area contributed by atoms with E-state index >= 15 is 0 Å².